The largest absolute Gasteiger partial charge is 0.387 e. The van der Waals surface area contributed by atoms with Gasteiger partial charge < -0.3 is 10.6 Å². The summed E-state index contributed by atoms with van der Waals surface area (Å²) in [6.45, 7) is 2.41. The van der Waals surface area contributed by atoms with Gasteiger partial charge in [0.15, 0.2) is 5.60 Å². The molecule has 15 heavy (non-hydrogen) atoms. The zero-order valence-electron chi connectivity index (χ0n) is 8.53. The van der Waals surface area contributed by atoms with Crippen LogP contribution in [-0.2, 0) is 4.84 Å². The third-order valence-corrected chi connectivity index (χ3v) is 2.74. The fourth-order valence-electron chi connectivity index (χ4n) is 1.52. The van der Waals surface area contributed by atoms with Gasteiger partial charge in [-0.1, -0.05) is 28.9 Å². The van der Waals surface area contributed by atoms with Crippen LogP contribution in [0.4, 0.5) is 0 Å². The molecular weight excluding hydrogens is 212 g/mol. The van der Waals surface area contributed by atoms with Gasteiger partial charge in [-0.2, -0.15) is 0 Å². The highest BCUT2D eigenvalue weighted by molar-refractivity contribution is 6.31. The van der Waals surface area contributed by atoms with E-state index in [1.807, 2.05) is 31.2 Å². The Morgan fingerprint density at radius 3 is 3.00 bits per heavy atom. The Hall–Kier alpha value is -1.06. The molecule has 0 fully saturated rings. The quantitative estimate of drug-likeness (QED) is 0.837. The first kappa shape index (κ1) is 10.5. The van der Waals surface area contributed by atoms with E-state index < -0.39 is 0 Å². The maximum Gasteiger partial charge on any atom is 0.152 e. The van der Waals surface area contributed by atoms with Gasteiger partial charge in [-0.25, -0.2) is 0 Å². The zero-order valence-corrected chi connectivity index (χ0v) is 9.29. The topological polar surface area (TPSA) is 47.6 Å². The molecule has 0 radical (unpaired) electrons. The molecule has 0 amide bonds. The SMILES string of the molecule is CC1(CN)CC(c2cccc(Cl)c2)=NO1. The number of nitrogens with zero attached hydrogens (tertiary/aromatic N) is 1. The Balaban J connectivity index is 2.21. The van der Waals surface area contributed by atoms with Crippen LogP contribution in [-0.4, -0.2) is 17.9 Å². The predicted octanol–water partition coefficient (Wildman–Crippen LogP) is 2.18. The molecule has 2 N–H and O–H groups in total. The molecule has 1 unspecified atom stereocenters. The normalized spacial score (nSPS) is 24.9. The molecule has 2 rings (SSSR count). The summed E-state index contributed by atoms with van der Waals surface area (Å²) in [5, 5.41) is 4.75. The van der Waals surface area contributed by atoms with Crippen LogP contribution < -0.4 is 5.73 Å². The third kappa shape index (κ3) is 2.13. The van der Waals surface area contributed by atoms with Crippen molar-refractivity contribution in [2.45, 2.75) is 18.9 Å². The van der Waals surface area contributed by atoms with Crippen LogP contribution in [0.5, 0.6) is 0 Å². The van der Waals surface area contributed by atoms with Crippen molar-refractivity contribution in [2.75, 3.05) is 6.54 Å². The average Bonchev–Trinajstić information content (AvgIpc) is 2.62. The van der Waals surface area contributed by atoms with Crippen molar-refractivity contribution >= 4 is 17.3 Å². The summed E-state index contributed by atoms with van der Waals surface area (Å²) in [6, 6.07) is 7.59. The molecular formula is C11H13ClN2O. The predicted molar refractivity (Wildman–Crippen MR) is 61.2 cm³/mol. The van der Waals surface area contributed by atoms with E-state index >= 15 is 0 Å². The Labute approximate surface area is 93.9 Å². The second-order valence-corrected chi connectivity index (χ2v) is 4.41. The van der Waals surface area contributed by atoms with Crippen molar-refractivity contribution in [3.05, 3.63) is 34.9 Å². The molecule has 0 bridgehead atoms. The minimum Gasteiger partial charge on any atom is -0.387 e. The van der Waals surface area contributed by atoms with Crippen molar-refractivity contribution in [3.63, 3.8) is 0 Å². The first-order valence-electron chi connectivity index (χ1n) is 4.84. The summed E-state index contributed by atoms with van der Waals surface area (Å²) in [5.74, 6) is 0. The lowest BCUT2D eigenvalue weighted by molar-refractivity contribution is 0.00422. The van der Waals surface area contributed by atoms with Gasteiger partial charge in [-0.3, -0.25) is 0 Å². The van der Waals surface area contributed by atoms with Gasteiger partial charge in [0.1, 0.15) is 0 Å². The lowest BCUT2D eigenvalue weighted by Crippen LogP contribution is -2.34. The molecule has 1 aliphatic rings. The van der Waals surface area contributed by atoms with E-state index in [4.69, 9.17) is 22.2 Å². The third-order valence-electron chi connectivity index (χ3n) is 2.51. The van der Waals surface area contributed by atoms with E-state index in [9.17, 15) is 0 Å². The second kappa shape index (κ2) is 3.83. The molecule has 1 aromatic rings. The lowest BCUT2D eigenvalue weighted by atomic mass is 9.96. The summed E-state index contributed by atoms with van der Waals surface area (Å²) >= 11 is 5.91. The van der Waals surface area contributed by atoms with Crippen molar-refractivity contribution in [1.29, 1.82) is 0 Å². The highest BCUT2D eigenvalue weighted by Gasteiger charge is 2.33. The number of oxime groups is 1. The maximum atomic E-state index is 5.91. The highest BCUT2D eigenvalue weighted by Crippen LogP contribution is 2.26. The van der Waals surface area contributed by atoms with Crippen molar-refractivity contribution in [1.82, 2.24) is 0 Å². The molecule has 1 aromatic carbocycles. The standard InChI is InChI=1S/C11H13ClN2O/c1-11(7-13)6-10(14-15-11)8-3-2-4-9(12)5-8/h2-5H,6-7,13H2,1H3. The number of hydrogen-bond acceptors (Lipinski definition) is 3. The van der Waals surface area contributed by atoms with Crippen LogP contribution in [0.2, 0.25) is 5.02 Å². The van der Waals surface area contributed by atoms with Gasteiger partial charge in [-0.05, 0) is 19.1 Å². The van der Waals surface area contributed by atoms with Gasteiger partial charge >= 0.3 is 0 Å². The van der Waals surface area contributed by atoms with Gasteiger partial charge in [0.05, 0.1) is 5.71 Å². The van der Waals surface area contributed by atoms with E-state index in [1.165, 1.54) is 0 Å². The average molecular weight is 225 g/mol. The molecule has 1 heterocycles. The zero-order chi connectivity index (χ0) is 10.9. The van der Waals surface area contributed by atoms with E-state index in [0.29, 0.717) is 11.6 Å². The van der Waals surface area contributed by atoms with Gasteiger partial charge in [0, 0.05) is 23.6 Å². The highest BCUT2D eigenvalue weighted by atomic mass is 35.5. The molecule has 0 aromatic heterocycles. The van der Waals surface area contributed by atoms with Crippen LogP contribution >= 0.6 is 11.6 Å². The number of rotatable bonds is 2. The summed E-state index contributed by atoms with van der Waals surface area (Å²) in [4.78, 5) is 5.32. The van der Waals surface area contributed by atoms with Gasteiger partial charge in [-0.15, -0.1) is 0 Å². The summed E-state index contributed by atoms with van der Waals surface area (Å²) in [7, 11) is 0. The number of hydrogen-bond donors (Lipinski definition) is 1. The van der Waals surface area contributed by atoms with Gasteiger partial charge in [0.25, 0.3) is 0 Å². The van der Waals surface area contributed by atoms with Crippen LogP contribution in [0.1, 0.15) is 18.9 Å². The minimum absolute atomic E-state index is 0.363. The minimum atomic E-state index is -0.363. The monoisotopic (exact) mass is 224 g/mol. The summed E-state index contributed by atoms with van der Waals surface area (Å²) in [5.41, 5.74) is 7.16. The van der Waals surface area contributed by atoms with Crippen LogP contribution in [0, 0.1) is 0 Å². The molecule has 1 aliphatic heterocycles. The fraction of sp³-hybridized carbons (Fsp3) is 0.364. The smallest absolute Gasteiger partial charge is 0.152 e. The van der Waals surface area contributed by atoms with Crippen molar-refractivity contribution < 1.29 is 4.84 Å². The van der Waals surface area contributed by atoms with Gasteiger partial charge in [0.2, 0.25) is 0 Å². The molecule has 3 nitrogen and oxygen atoms in total. The van der Waals surface area contributed by atoms with Crippen LogP contribution in [0.25, 0.3) is 0 Å². The molecule has 1 atom stereocenters. The number of benzene rings is 1. The maximum absolute atomic E-state index is 5.91. The number of nitrogens with two attached hydrogens (primary N) is 1. The molecule has 0 saturated heterocycles. The van der Waals surface area contributed by atoms with E-state index in [-0.39, 0.29) is 5.60 Å². The van der Waals surface area contributed by atoms with Crippen molar-refractivity contribution in [3.8, 4) is 0 Å². The fourth-order valence-corrected chi connectivity index (χ4v) is 1.71. The molecule has 0 saturated carbocycles. The molecule has 4 heteroatoms. The second-order valence-electron chi connectivity index (χ2n) is 3.97. The first-order valence-corrected chi connectivity index (χ1v) is 5.22. The van der Waals surface area contributed by atoms with Crippen molar-refractivity contribution in [2.24, 2.45) is 10.9 Å². The molecule has 0 aliphatic carbocycles. The Morgan fingerprint density at radius 2 is 2.40 bits per heavy atom. The van der Waals surface area contributed by atoms with Crippen LogP contribution in [0.15, 0.2) is 29.4 Å². The Kier molecular flexibility index (Phi) is 2.67. The van der Waals surface area contributed by atoms with E-state index in [0.717, 1.165) is 17.7 Å². The number of halogens is 1. The molecule has 80 valence electrons. The summed E-state index contributed by atoms with van der Waals surface area (Å²) in [6.07, 6.45) is 0.726. The Bertz CT molecular complexity index is 405. The van der Waals surface area contributed by atoms with E-state index in [2.05, 4.69) is 5.16 Å². The summed E-state index contributed by atoms with van der Waals surface area (Å²) < 4.78 is 0. The Morgan fingerprint density at radius 1 is 1.60 bits per heavy atom. The first-order chi connectivity index (χ1) is 7.13. The van der Waals surface area contributed by atoms with E-state index in [1.54, 1.807) is 0 Å². The lowest BCUT2D eigenvalue weighted by Gasteiger charge is -2.17. The molecule has 0 spiro atoms. The van der Waals surface area contributed by atoms with Crippen LogP contribution in [0.3, 0.4) is 0 Å².